The fourth-order valence-corrected chi connectivity index (χ4v) is 4.69. The Morgan fingerprint density at radius 2 is 2.10 bits per heavy atom. The van der Waals surface area contributed by atoms with E-state index in [4.69, 9.17) is 14.7 Å². The summed E-state index contributed by atoms with van der Waals surface area (Å²) in [6.07, 6.45) is 4.16. The average Bonchev–Trinajstić information content (AvgIpc) is 2.81. The fourth-order valence-electron chi connectivity index (χ4n) is 4.69. The Hall–Kier alpha value is -2.67. The third-order valence-electron chi connectivity index (χ3n) is 6.45. The molecule has 4 rings (SSSR count). The molecular weight excluding hydrogens is 390 g/mol. The van der Waals surface area contributed by atoms with Crippen LogP contribution in [-0.4, -0.2) is 66.5 Å². The van der Waals surface area contributed by atoms with Crippen LogP contribution in [0.1, 0.15) is 47.8 Å². The van der Waals surface area contributed by atoms with E-state index in [-0.39, 0.29) is 11.8 Å². The third-order valence-corrected chi connectivity index (χ3v) is 6.45. The molecule has 31 heavy (non-hydrogen) atoms. The number of fused-ring (bicyclic) bond motifs is 1. The first-order valence-electron chi connectivity index (χ1n) is 11.2. The molecule has 2 aliphatic heterocycles. The van der Waals surface area contributed by atoms with Gasteiger partial charge in [-0.3, -0.25) is 4.79 Å². The number of likely N-dealkylation sites (tertiary alicyclic amines) is 1. The van der Waals surface area contributed by atoms with Crippen LogP contribution in [0.5, 0.6) is 5.75 Å². The van der Waals surface area contributed by atoms with Crippen LogP contribution in [0, 0.1) is 0 Å². The molecule has 2 aliphatic rings. The monoisotopic (exact) mass is 423 g/mol. The van der Waals surface area contributed by atoms with E-state index in [1.54, 1.807) is 7.11 Å². The number of likely N-dealkylation sites (N-methyl/N-ethyl adjacent to an activating group) is 1. The van der Waals surface area contributed by atoms with Gasteiger partial charge in [0.15, 0.2) is 0 Å². The number of para-hydroxylation sites is 1. The van der Waals surface area contributed by atoms with E-state index >= 15 is 0 Å². The van der Waals surface area contributed by atoms with Crippen molar-refractivity contribution in [1.82, 2.24) is 19.8 Å². The molecule has 7 heteroatoms. The van der Waals surface area contributed by atoms with Crippen LogP contribution in [0.4, 0.5) is 5.82 Å². The Labute approximate surface area is 184 Å². The molecule has 1 aromatic heterocycles. The van der Waals surface area contributed by atoms with E-state index in [0.29, 0.717) is 19.4 Å². The molecule has 1 saturated heterocycles. The molecule has 1 N–H and O–H groups in total. The first-order chi connectivity index (χ1) is 15.1. The van der Waals surface area contributed by atoms with Crippen LogP contribution in [-0.2, 0) is 24.2 Å². The minimum absolute atomic E-state index is 0.189. The number of aryl methyl sites for hydroxylation is 1. The first-order valence-corrected chi connectivity index (χ1v) is 11.2. The maximum atomic E-state index is 13.0. The molecule has 0 aliphatic carbocycles. The number of piperidine rings is 1. The van der Waals surface area contributed by atoms with E-state index in [0.717, 1.165) is 67.5 Å². The van der Waals surface area contributed by atoms with Gasteiger partial charge >= 0.3 is 0 Å². The van der Waals surface area contributed by atoms with Crippen LogP contribution in [0.25, 0.3) is 0 Å². The van der Waals surface area contributed by atoms with Crippen molar-refractivity contribution in [3.8, 4) is 5.75 Å². The number of amides is 1. The fraction of sp³-hybridized carbons (Fsp3) is 0.542. The first kappa shape index (κ1) is 21.6. The number of rotatable bonds is 6. The normalized spacial score (nSPS) is 19.1. The van der Waals surface area contributed by atoms with E-state index in [1.807, 2.05) is 36.2 Å². The van der Waals surface area contributed by atoms with Gasteiger partial charge in [-0.25, -0.2) is 9.97 Å². The van der Waals surface area contributed by atoms with Gasteiger partial charge in [-0.05, 0) is 44.4 Å². The smallest absolute Gasteiger partial charge is 0.222 e. The summed E-state index contributed by atoms with van der Waals surface area (Å²) in [4.78, 5) is 27.1. The molecule has 0 bridgehead atoms. The lowest BCUT2D eigenvalue weighted by Gasteiger charge is -2.33. The molecule has 0 saturated carbocycles. The minimum Gasteiger partial charge on any atom is -0.496 e. The van der Waals surface area contributed by atoms with Gasteiger partial charge in [-0.1, -0.05) is 18.2 Å². The highest BCUT2D eigenvalue weighted by atomic mass is 16.5. The lowest BCUT2D eigenvalue weighted by Crippen LogP contribution is -2.40. The van der Waals surface area contributed by atoms with Crippen molar-refractivity contribution in [2.24, 2.45) is 0 Å². The molecule has 166 valence electrons. The van der Waals surface area contributed by atoms with Crippen molar-refractivity contribution in [1.29, 1.82) is 0 Å². The van der Waals surface area contributed by atoms with Crippen molar-refractivity contribution in [2.75, 3.05) is 46.2 Å². The summed E-state index contributed by atoms with van der Waals surface area (Å²) in [5.74, 6) is 3.06. The maximum absolute atomic E-state index is 13.0. The lowest BCUT2D eigenvalue weighted by atomic mass is 9.95. The molecule has 2 aromatic rings. The van der Waals surface area contributed by atoms with E-state index < -0.39 is 0 Å². The second-order valence-corrected chi connectivity index (χ2v) is 8.58. The van der Waals surface area contributed by atoms with Gasteiger partial charge < -0.3 is 19.9 Å². The van der Waals surface area contributed by atoms with Crippen molar-refractivity contribution in [3.63, 3.8) is 0 Å². The number of nitrogens with one attached hydrogen (secondary N) is 1. The van der Waals surface area contributed by atoms with Crippen molar-refractivity contribution >= 4 is 11.7 Å². The number of carbonyl (C=O) groups is 1. The van der Waals surface area contributed by atoms with Crippen molar-refractivity contribution < 1.29 is 9.53 Å². The highest BCUT2D eigenvalue weighted by molar-refractivity contribution is 5.76. The summed E-state index contributed by atoms with van der Waals surface area (Å²) in [6, 6.07) is 7.92. The Morgan fingerprint density at radius 3 is 2.90 bits per heavy atom. The zero-order chi connectivity index (χ0) is 21.8. The molecule has 1 atom stereocenters. The van der Waals surface area contributed by atoms with Crippen LogP contribution >= 0.6 is 0 Å². The summed E-state index contributed by atoms with van der Waals surface area (Å²) < 4.78 is 5.42. The van der Waals surface area contributed by atoms with Gasteiger partial charge in [-0.15, -0.1) is 0 Å². The summed E-state index contributed by atoms with van der Waals surface area (Å²) in [6.45, 7) is 3.40. The van der Waals surface area contributed by atoms with E-state index in [9.17, 15) is 4.79 Å². The lowest BCUT2D eigenvalue weighted by molar-refractivity contribution is -0.132. The van der Waals surface area contributed by atoms with Crippen LogP contribution in [0.3, 0.4) is 0 Å². The summed E-state index contributed by atoms with van der Waals surface area (Å²) in [7, 11) is 5.73. The zero-order valence-electron chi connectivity index (χ0n) is 18.9. The highest BCUT2D eigenvalue weighted by Crippen LogP contribution is 2.30. The molecular formula is C24H33N5O2. The SMILES string of the molecule is CNc1nc([C@@H]2CCCN(C(=O)CCc3ccccc3OC)C2)nc2c1CCN(C)C2. The van der Waals surface area contributed by atoms with E-state index in [2.05, 4.69) is 17.3 Å². The van der Waals surface area contributed by atoms with Gasteiger partial charge in [0.05, 0.1) is 12.8 Å². The standard InChI is InChI=1S/C24H33N5O2/c1-25-24-19-12-14-28(2)16-20(19)26-23(27-24)18-8-6-13-29(15-18)22(30)11-10-17-7-4-5-9-21(17)31-3/h4-5,7,9,18H,6,8,10-16H2,1-3H3,(H,25,26,27)/t18-/m1/s1. The number of anilines is 1. The number of hydrogen-bond donors (Lipinski definition) is 1. The number of benzene rings is 1. The van der Waals surface area contributed by atoms with Crippen molar-refractivity contribution in [3.05, 3.63) is 46.9 Å². The molecule has 1 aromatic carbocycles. The predicted molar refractivity (Wildman–Crippen MR) is 121 cm³/mol. The van der Waals surface area contributed by atoms with Gasteiger partial charge in [0.2, 0.25) is 5.91 Å². The molecule has 1 amide bonds. The molecule has 1 fully saturated rings. The van der Waals surface area contributed by atoms with Crippen LogP contribution < -0.4 is 10.1 Å². The topological polar surface area (TPSA) is 70.6 Å². The number of nitrogens with zero attached hydrogens (tertiary/aromatic N) is 4. The second kappa shape index (κ2) is 9.64. The minimum atomic E-state index is 0.189. The van der Waals surface area contributed by atoms with Gasteiger partial charge in [0.25, 0.3) is 0 Å². The molecule has 7 nitrogen and oxygen atoms in total. The van der Waals surface area contributed by atoms with Gasteiger partial charge in [0, 0.05) is 51.1 Å². The summed E-state index contributed by atoms with van der Waals surface area (Å²) in [5.41, 5.74) is 3.44. The maximum Gasteiger partial charge on any atom is 0.222 e. The number of ether oxygens (including phenoxy) is 1. The highest BCUT2D eigenvalue weighted by Gasteiger charge is 2.29. The Balaban J connectivity index is 1.45. The molecule has 0 unspecified atom stereocenters. The predicted octanol–water partition coefficient (Wildman–Crippen LogP) is 2.85. The molecule has 0 radical (unpaired) electrons. The largest absolute Gasteiger partial charge is 0.496 e. The molecule has 3 heterocycles. The van der Waals surface area contributed by atoms with Crippen molar-refractivity contribution in [2.45, 2.75) is 44.6 Å². The Bertz CT molecular complexity index is 932. The van der Waals surface area contributed by atoms with Gasteiger partial charge in [-0.2, -0.15) is 0 Å². The van der Waals surface area contributed by atoms with E-state index in [1.165, 1.54) is 5.56 Å². The zero-order valence-corrected chi connectivity index (χ0v) is 18.9. The van der Waals surface area contributed by atoms with Gasteiger partial charge in [0.1, 0.15) is 17.4 Å². The summed E-state index contributed by atoms with van der Waals surface area (Å²) in [5, 5.41) is 3.27. The average molecular weight is 424 g/mol. The quantitative estimate of drug-likeness (QED) is 0.771. The van der Waals surface area contributed by atoms with Crippen LogP contribution in [0.15, 0.2) is 24.3 Å². The Kier molecular flexibility index (Phi) is 6.70. The second-order valence-electron chi connectivity index (χ2n) is 8.58. The number of hydrogen-bond acceptors (Lipinski definition) is 6. The number of carbonyl (C=O) groups excluding carboxylic acids is 1. The Morgan fingerprint density at radius 1 is 1.26 bits per heavy atom. The summed E-state index contributed by atoms with van der Waals surface area (Å²) >= 11 is 0. The molecule has 0 spiro atoms. The number of aromatic nitrogens is 2. The van der Waals surface area contributed by atoms with Crippen LogP contribution in [0.2, 0.25) is 0 Å². The third kappa shape index (κ3) is 4.82. The number of methoxy groups -OCH3 is 1.